The number of benzene rings is 1. The molecular formula is C16H14N4O2. The van der Waals surface area contributed by atoms with Crippen molar-refractivity contribution >= 4 is 5.91 Å². The molecule has 6 heteroatoms. The predicted molar refractivity (Wildman–Crippen MR) is 80.0 cm³/mol. The van der Waals surface area contributed by atoms with Crippen molar-refractivity contribution in [1.29, 1.82) is 0 Å². The molecule has 1 amide bonds. The van der Waals surface area contributed by atoms with E-state index in [0.717, 1.165) is 5.56 Å². The minimum atomic E-state index is -0.116. The Hall–Kier alpha value is -3.02. The molecule has 3 rings (SSSR count). The largest absolute Gasteiger partial charge is 0.421 e. The van der Waals surface area contributed by atoms with Crippen LogP contribution in [-0.2, 0) is 6.42 Å². The Balaban J connectivity index is 1.55. The van der Waals surface area contributed by atoms with Crippen molar-refractivity contribution in [2.75, 3.05) is 6.54 Å². The van der Waals surface area contributed by atoms with Crippen molar-refractivity contribution in [2.24, 2.45) is 0 Å². The van der Waals surface area contributed by atoms with Gasteiger partial charge in [0.15, 0.2) is 0 Å². The van der Waals surface area contributed by atoms with Gasteiger partial charge in [0.2, 0.25) is 11.8 Å². The fourth-order valence-corrected chi connectivity index (χ4v) is 1.94. The number of amides is 1. The summed E-state index contributed by atoms with van der Waals surface area (Å²) >= 11 is 0. The Morgan fingerprint density at radius 3 is 2.59 bits per heavy atom. The van der Waals surface area contributed by atoms with E-state index in [1.165, 1.54) is 0 Å². The molecule has 0 unspecified atom stereocenters. The van der Waals surface area contributed by atoms with Gasteiger partial charge in [-0.2, -0.15) is 0 Å². The molecule has 2 aromatic heterocycles. The average Bonchev–Trinajstić information content (AvgIpc) is 3.05. The van der Waals surface area contributed by atoms with E-state index >= 15 is 0 Å². The highest BCUT2D eigenvalue weighted by Gasteiger charge is 2.09. The lowest BCUT2D eigenvalue weighted by atomic mass is 10.2. The van der Waals surface area contributed by atoms with E-state index in [1.807, 2.05) is 18.2 Å². The number of rotatable bonds is 5. The maximum Gasteiger partial charge on any atom is 0.251 e. The number of hydrogen-bond acceptors (Lipinski definition) is 5. The molecule has 0 fully saturated rings. The first-order valence-electron chi connectivity index (χ1n) is 6.89. The number of carbonyl (C=O) groups is 1. The second-order valence-corrected chi connectivity index (χ2v) is 4.61. The van der Waals surface area contributed by atoms with Gasteiger partial charge in [0.05, 0.1) is 0 Å². The van der Waals surface area contributed by atoms with Gasteiger partial charge in [0.1, 0.15) is 0 Å². The lowest BCUT2D eigenvalue weighted by Crippen LogP contribution is -2.25. The summed E-state index contributed by atoms with van der Waals surface area (Å²) in [7, 11) is 0. The van der Waals surface area contributed by atoms with Gasteiger partial charge in [-0.3, -0.25) is 9.78 Å². The Morgan fingerprint density at radius 2 is 1.82 bits per heavy atom. The summed E-state index contributed by atoms with van der Waals surface area (Å²) in [6.45, 7) is 0.436. The fraction of sp³-hybridized carbons (Fsp3) is 0.125. The Bertz CT molecular complexity index is 741. The lowest BCUT2D eigenvalue weighted by Gasteiger charge is -2.02. The number of carbonyl (C=O) groups excluding carboxylic acids is 1. The number of nitrogens with zero attached hydrogens (tertiary/aromatic N) is 3. The molecule has 0 aliphatic heterocycles. The molecule has 0 bridgehead atoms. The molecule has 1 N–H and O–H groups in total. The first-order chi connectivity index (χ1) is 10.8. The van der Waals surface area contributed by atoms with Crippen LogP contribution in [-0.4, -0.2) is 27.6 Å². The Labute approximate surface area is 127 Å². The third-order valence-corrected chi connectivity index (χ3v) is 3.05. The van der Waals surface area contributed by atoms with Crippen LogP contribution in [0.5, 0.6) is 0 Å². The van der Waals surface area contributed by atoms with Crippen LogP contribution in [0.3, 0.4) is 0 Å². The van der Waals surface area contributed by atoms with E-state index in [-0.39, 0.29) is 5.91 Å². The molecule has 2 heterocycles. The first kappa shape index (κ1) is 13.9. The van der Waals surface area contributed by atoms with Crippen LogP contribution in [0.4, 0.5) is 0 Å². The standard InChI is InChI=1S/C16H14N4O2/c21-15(12-4-2-1-3-5-12)18-11-8-14-19-20-16(22-14)13-6-9-17-10-7-13/h1-7,9-10H,8,11H2,(H,18,21). The summed E-state index contributed by atoms with van der Waals surface area (Å²) in [5.74, 6) is 0.821. The van der Waals surface area contributed by atoms with Gasteiger partial charge in [0, 0.05) is 36.5 Å². The van der Waals surface area contributed by atoms with Crippen molar-refractivity contribution < 1.29 is 9.21 Å². The fourth-order valence-electron chi connectivity index (χ4n) is 1.94. The predicted octanol–water partition coefficient (Wildman–Crippen LogP) is 2.10. The molecule has 0 atom stereocenters. The molecule has 0 saturated heterocycles. The normalized spacial score (nSPS) is 10.4. The van der Waals surface area contributed by atoms with Crippen molar-refractivity contribution in [3.8, 4) is 11.5 Å². The number of hydrogen-bond donors (Lipinski definition) is 1. The second kappa shape index (κ2) is 6.62. The van der Waals surface area contributed by atoms with Gasteiger partial charge < -0.3 is 9.73 Å². The maximum atomic E-state index is 11.9. The highest BCUT2D eigenvalue weighted by molar-refractivity contribution is 5.94. The SMILES string of the molecule is O=C(NCCc1nnc(-c2ccncc2)o1)c1ccccc1. The Kier molecular flexibility index (Phi) is 4.20. The summed E-state index contributed by atoms with van der Waals surface area (Å²) < 4.78 is 5.56. The van der Waals surface area contributed by atoms with Crippen molar-refractivity contribution in [2.45, 2.75) is 6.42 Å². The van der Waals surface area contributed by atoms with Crippen LogP contribution in [0.15, 0.2) is 59.3 Å². The first-order valence-corrected chi connectivity index (χ1v) is 6.89. The highest BCUT2D eigenvalue weighted by atomic mass is 16.4. The van der Waals surface area contributed by atoms with Crippen molar-refractivity contribution in [3.63, 3.8) is 0 Å². The van der Waals surface area contributed by atoms with E-state index in [9.17, 15) is 4.79 Å². The van der Waals surface area contributed by atoms with Crippen LogP contribution in [0, 0.1) is 0 Å². The molecule has 22 heavy (non-hydrogen) atoms. The van der Waals surface area contributed by atoms with Crippen LogP contribution in [0.1, 0.15) is 16.2 Å². The zero-order valence-corrected chi connectivity index (χ0v) is 11.8. The average molecular weight is 294 g/mol. The minimum Gasteiger partial charge on any atom is -0.421 e. The molecule has 0 radical (unpaired) electrons. The second-order valence-electron chi connectivity index (χ2n) is 4.61. The molecule has 6 nitrogen and oxygen atoms in total. The van der Waals surface area contributed by atoms with E-state index in [2.05, 4.69) is 20.5 Å². The summed E-state index contributed by atoms with van der Waals surface area (Å²) in [5, 5.41) is 10.8. The minimum absolute atomic E-state index is 0.116. The smallest absolute Gasteiger partial charge is 0.251 e. The van der Waals surface area contributed by atoms with Crippen LogP contribution in [0.25, 0.3) is 11.5 Å². The van der Waals surface area contributed by atoms with Crippen molar-refractivity contribution in [1.82, 2.24) is 20.5 Å². The van der Waals surface area contributed by atoms with Gasteiger partial charge in [-0.1, -0.05) is 18.2 Å². The molecule has 0 aliphatic rings. The molecule has 1 aromatic carbocycles. The third kappa shape index (κ3) is 3.35. The van der Waals surface area contributed by atoms with Gasteiger partial charge >= 0.3 is 0 Å². The number of nitrogens with one attached hydrogen (secondary N) is 1. The van der Waals surface area contributed by atoms with Gasteiger partial charge in [0.25, 0.3) is 5.91 Å². The summed E-state index contributed by atoms with van der Waals surface area (Å²) in [6.07, 6.45) is 3.81. The van der Waals surface area contributed by atoms with Gasteiger partial charge in [-0.15, -0.1) is 10.2 Å². The Morgan fingerprint density at radius 1 is 1.05 bits per heavy atom. The summed E-state index contributed by atoms with van der Waals surface area (Å²) in [5.41, 5.74) is 1.45. The van der Waals surface area contributed by atoms with E-state index in [1.54, 1.807) is 36.7 Å². The van der Waals surface area contributed by atoms with E-state index in [4.69, 9.17) is 4.42 Å². The molecule has 110 valence electrons. The van der Waals surface area contributed by atoms with Crippen LogP contribution in [0.2, 0.25) is 0 Å². The number of pyridine rings is 1. The molecule has 0 saturated carbocycles. The monoisotopic (exact) mass is 294 g/mol. The molecule has 3 aromatic rings. The van der Waals surface area contributed by atoms with E-state index in [0.29, 0.717) is 30.3 Å². The molecule has 0 aliphatic carbocycles. The zero-order chi connectivity index (χ0) is 15.2. The van der Waals surface area contributed by atoms with Gasteiger partial charge in [-0.25, -0.2) is 0 Å². The quantitative estimate of drug-likeness (QED) is 0.779. The molecule has 0 spiro atoms. The summed E-state index contributed by atoms with van der Waals surface area (Å²) in [4.78, 5) is 15.8. The zero-order valence-electron chi connectivity index (χ0n) is 11.8. The third-order valence-electron chi connectivity index (χ3n) is 3.05. The number of aromatic nitrogens is 3. The van der Waals surface area contributed by atoms with Gasteiger partial charge in [-0.05, 0) is 24.3 Å². The van der Waals surface area contributed by atoms with E-state index < -0.39 is 0 Å². The highest BCUT2D eigenvalue weighted by Crippen LogP contribution is 2.16. The van der Waals surface area contributed by atoms with Crippen LogP contribution >= 0.6 is 0 Å². The van der Waals surface area contributed by atoms with Crippen molar-refractivity contribution in [3.05, 3.63) is 66.3 Å². The molecular weight excluding hydrogens is 280 g/mol. The van der Waals surface area contributed by atoms with Crippen LogP contribution < -0.4 is 5.32 Å². The maximum absolute atomic E-state index is 11.9. The topological polar surface area (TPSA) is 80.9 Å². The lowest BCUT2D eigenvalue weighted by molar-refractivity contribution is 0.0953. The summed E-state index contributed by atoms with van der Waals surface area (Å²) in [6, 6.07) is 12.7.